The lowest BCUT2D eigenvalue weighted by atomic mass is 9.59. The number of allylic oxidation sites excluding steroid dienone is 2. The number of carbonyl (C=O) groups is 3. The maximum atomic E-state index is 16.0. The Balaban J connectivity index is 1.57. The van der Waals surface area contributed by atoms with Crippen LogP contribution in [0.1, 0.15) is 33.4 Å². The van der Waals surface area contributed by atoms with E-state index < -0.39 is 22.7 Å². The van der Waals surface area contributed by atoms with Crippen LogP contribution < -0.4 is 4.90 Å². The van der Waals surface area contributed by atoms with E-state index in [9.17, 15) is 0 Å². The number of anilines is 1. The Morgan fingerprint density at radius 2 is 0.913 bits per heavy atom. The third-order valence-electron chi connectivity index (χ3n) is 10.2. The molecule has 5 heteroatoms. The lowest BCUT2D eigenvalue weighted by Gasteiger charge is -2.39. The number of aryl methyl sites for hydroxylation is 2. The van der Waals surface area contributed by atoms with E-state index in [1.165, 1.54) is 4.90 Å². The molecular formula is C41H30INO3. The van der Waals surface area contributed by atoms with Gasteiger partial charge in [0.1, 0.15) is 0 Å². The molecule has 2 bridgehead atoms. The number of ketones is 1. The van der Waals surface area contributed by atoms with Crippen LogP contribution in [0, 0.1) is 29.3 Å². The minimum atomic E-state index is -1.40. The smallest absolute Gasteiger partial charge is 0.239 e. The first-order valence-electron chi connectivity index (χ1n) is 15.5. The predicted molar refractivity (Wildman–Crippen MR) is 189 cm³/mol. The lowest BCUT2D eigenvalue weighted by molar-refractivity contribution is -0.130. The number of fused-ring (bicyclic) bond motifs is 5. The van der Waals surface area contributed by atoms with Gasteiger partial charge in [-0.05, 0) is 82.0 Å². The van der Waals surface area contributed by atoms with E-state index in [4.69, 9.17) is 0 Å². The second kappa shape index (κ2) is 10.5. The van der Waals surface area contributed by atoms with Gasteiger partial charge in [-0.2, -0.15) is 0 Å². The summed E-state index contributed by atoms with van der Waals surface area (Å²) in [5.41, 5.74) is 4.77. The fraction of sp³-hybridized carbons (Fsp3) is 0.146. The van der Waals surface area contributed by atoms with E-state index in [1.807, 2.05) is 98.8 Å². The molecule has 0 radical (unpaired) electrons. The van der Waals surface area contributed by atoms with Crippen LogP contribution in [-0.2, 0) is 25.2 Å². The number of imide groups is 1. The molecule has 1 heterocycles. The first-order chi connectivity index (χ1) is 22.3. The first-order valence-corrected chi connectivity index (χ1v) is 16.6. The van der Waals surface area contributed by atoms with Crippen molar-refractivity contribution in [3.05, 3.63) is 170 Å². The zero-order chi connectivity index (χ0) is 31.8. The number of nitrogens with zero attached hydrogens (tertiary/aromatic N) is 1. The molecule has 1 saturated heterocycles. The van der Waals surface area contributed by atoms with Crippen molar-refractivity contribution < 1.29 is 14.4 Å². The Morgan fingerprint density at radius 1 is 0.522 bits per heavy atom. The third-order valence-corrected chi connectivity index (χ3v) is 11.1. The highest BCUT2D eigenvalue weighted by atomic mass is 127. The van der Waals surface area contributed by atoms with E-state index in [0.29, 0.717) is 5.69 Å². The summed E-state index contributed by atoms with van der Waals surface area (Å²) >= 11 is 2.18. The second-order valence-corrected chi connectivity index (χ2v) is 13.7. The summed E-state index contributed by atoms with van der Waals surface area (Å²) in [6, 6.07) is 43.3. The van der Waals surface area contributed by atoms with Gasteiger partial charge in [-0.3, -0.25) is 14.4 Å². The molecule has 2 amide bonds. The maximum absolute atomic E-state index is 16.0. The Kier molecular flexibility index (Phi) is 6.55. The molecule has 0 N–H and O–H groups in total. The molecule has 5 aromatic carbocycles. The van der Waals surface area contributed by atoms with Crippen molar-refractivity contribution >= 4 is 57.0 Å². The van der Waals surface area contributed by atoms with Crippen molar-refractivity contribution in [3.8, 4) is 0 Å². The molecule has 8 rings (SSSR count). The number of carbonyl (C=O) groups excluding carboxylic acids is 3. The molecule has 0 aromatic heterocycles. The molecule has 2 fully saturated rings. The Hall–Kier alpha value is -4.62. The molecule has 224 valence electrons. The number of amides is 2. The number of Topliss-reactive ketones (excluding diaryl/α,β-unsaturated/α-hetero) is 1. The number of halogens is 1. The molecule has 3 aliphatic rings. The molecule has 4 atom stereocenters. The number of hydrogen-bond donors (Lipinski definition) is 0. The van der Waals surface area contributed by atoms with E-state index in [2.05, 4.69) is 71.1 Å². The lowest BCUT2D eigenvalue weighted by Crippen LogP contribution is -2.45. The molecule has 2 aliphatic carbocycles. The van der Waals surface area contributed by atoms with E-state index >= 15 is 14.4 Å². The van der Waals surface area contributed by atoms with Gasteiger partial charge in [-0.15, -0.1) is 0 Å². The van der Waals surface area contributed by atoms with Gasteiger partial charge >= 0.3 is 0 Å². The van der Waals surface area contributed by atoms with E-state index in [0.717, 1.165) is 48.1 Å². The first kappa shape index (κ1) is 28.8. The van der Waals surface area contributed by atoms with Crippen molar-refractivity contribution in [1.29, 1.82) is 0 Å². The highest BCUT2D eigenvalue weighted by Crippen LogP contribution is 2.74. The number of benzene rings is 5. The van der Waals surface area contributed by atoms with Crippen molar-refractivity contribution in [2.45, 2.75) is 24.7 Å². The van der Waals surface area contributed by atoms with Crippen molar-refractivity contribution in [2.75, 3.05) is 4.90 Å². The van der Waals surface area contributed by atoms with Crippen molar-refractivity contribution in [1.82, 2.24) is 0 Å². The maximum Gasteiger partial charge on any atom is 0.239 e. The summed E-state index contributed by atoms with van der Waals surface area (Å²) in [6.45, 7) is 4.08. The molecule has 0 unspecified atom stereocenters. The van der Waals surface area contributed by atoms with Crippen LogP contribution in [0.15, 0.2) is 133 Å². The van der Waals surface area contributed by atoms with Gasteiger partial charge < -0.3 is 0 Å². The molecule has 5 aromatic rings. The van der Waals surface area contributed by atoms with Crippen LogP contribution >= 0.6 is 22.6 Å². The Bertz CT molecular complexity index is 1960. The number of para-hydroxylation sites is 1. The highest BCUT2D eigenvalue weighted by Gasteiger charge is 2.82. The number of hydrogen-bond acceptors (Lipinski definition) is 3. The summed E-state index contributed by atoms with van der Waals surface area (Å²) in [4.78, 5) is 47.5. The van der Waals surface area contributed by atoms with Crippen LogP contribution in [0.25, 0.3) is 11.1 Å². The van der Waals surface area contributed by atoms with Crippen LogP contribution in [-0.4, -0.2) is 17.6 Å². The van der Waals surface area contributed by atoms with Gasteiger partial charge in [-0.1, -0.05) is 132 Å². The molecular weight excluding hydrogens is 681 g/mol. The zero-order valence-corrected chi connectivity index (χ0v) is 27.6. The minimum absolute atomic E-state index is 0.109. The highest BCUT2D eigenvalue weighted by molar-refractivity contribution is 14.1. The average molecular weight is 712 g/mol. The van der Waals surface area contributed by atoms with Crippen LogP contribution in [0.3, 0.4) is 0 Å². The summed E-state index contributed by atoms with van der Waals surface area (Å²) in [5, 5.41) is 0. The Morgan fingerprint density at radius 3 is 1.33 bits per heavy atom. The molecule has 0 spiro atoms. The quantitative estimate of drug-likeness (QED) is 0.137. The normalized spacial score (nSPS) is 25.0. The summed E-state index contributed by atoms with van der Waals surface area (Å²) in [5.74, 6) is -2.64. The summed E-state index contributed by atoms with van der Waals surface area (Å²) in [6.07, 6.45) is 0. The molecule has 46 heavy (non-hydrogen) atoms. The fourth-order valence-corrected chi connectivity index (χ4v) is 9.06. The van der Waals surface area contributed by atoms with E-state index in [1.54, 1.807) is 0 Å². The van der Waals surface area contributed by atoms with Crippen LogP contribution in [0.4, 0.5) is 5.69 Å². The second-order valence-electron chi connectivity index (χ2n) is 12.6. The van der Waals surface area contributed by atoms with Crippen LogP contribution in [0.5, 0.6) is 0 Å². The van der Waals surface area contributed by atoms with Gasteiger partial charge in [0.15, 0.2) is 5.78 Å². The van der Waals surface area contributed by atoms with Gasteiger partial charge in [0.05, 0.1) is 28.4 Å². The summed E-state index contributed by atoms with van der Waals surface area (Å²) < 4.78 is 0.799. The molecule has 1 saturated carbocycles. The largest absolute Gasteiger partial charge is 0.297 e. The summed E-state index contributed by atoms with van der Waals surface area (Å²) in [7, 11) is 0. The standard InChI is InChI=1S/C41H30INO3/c1-25-17-21-27(22-18-25)33-34(28-23-19-26(2)20-24-28)41(30-13-7-4-8-14-30)36-35(40(33,39(41)46)29-11-5-3-6-12-29)37(44)43(38(36)45)32-16-10-9-15-31(32)42/h3-24,35-36H,1-2H3/t35-,36+,40-,41-/m1/s1. The van der Waals surface area contributed by atoms with Gasteiger partial charge in [-0.25, -0.2) is 4.90 Å². The van der Waals surface area contributed by atoms with Gasteiger partial charge in [0.25, 0.3) is 0 Å². The SMILES string of the molecule is Cc1ccc(C2=C(c3ccc(C)cc3)[C@@]3(c4ccccc4)C(=O)[C@@]2(c2ccccc2)[C@@H]2C(=O)N(c4ccccc4I)C(=O)[C@@H]23)cc1. The Labute approximate surface area is 281 Å². The average Bonchev–Trinajstić information content (AvgIpc) is 3.59. The van der Waals surface area contributed by atoms with Gasteiger partial charge in [0, 0.05) is 3.57 Å². The topological polar surface area (TPSA) is 54.5 Å². The van der Waals surface area contributed by atoms with Gasteiger partial charge in [0.2, 0.25) is 11.8 Å². The fourth-order valence-electron chi connectivity index (χ4n) is 8.44. The third kappa shape index (κ3) is 3.63. The minimum Gasteiger partial charge on any atom is -0.297 e. The van der Waals surface area contributed by atoms with Crippen molar-refractivity contribution in [2.24, 2.45) is 11.8 Å². The number of rotatable bonds is 5. The monoisotopic (exact) mass is 711 g/mol. The van der Waals surface area contributed by atoms with E-state index in [-0.39, 0.29) is 17.6 Å². The molecule has 1 aliphatic heterocycles. The predicted octanol–water partition coefficient (Wildman–Crippen LogP) is 8.10. The molecule has 4 nitrogen and oxygen atoms in total. The van der Waals surface area contributed by atoms with Crippen LogP contribution in [0.2, 0.25) is 0 Å². The zero-order valence-electron chi connectivity index (χ0n) is 25.4. The van der Waals surface area contributed by atoms with Crippen molar-refractivity contribution in [3.63, 3.8) is 0 Å².